The Morgan fingerprint density at radius 2 is 0.992 bits per heavy atom. The van der Waals surface area contributed by atoms with Gasteiger partial charge in [0, 0.05) is 105 Å². The second-order valence-electron chi connectivity index (χ2n) is 30.4. The van der Waals surface area contributed by atoms with Gasteiger partial charge in [-0.05, 0) is 155 Å². The maximum Gasteiger partial charge on any atom is 0.321 e. The Morgan fingerprint density at radius 3 is 1.58 bits per heavy atom. The number of ketones is 2. The van der Waals surface area contributed by atoms with Gasteiger partial charge in [0.05, 0.1) is 70.1 Å². The number of H-pyrrole nitrogens is 1. The molecule has 0 radical (unpaired) electrons. The number of urea groups is 2. The second-order valence-corrected chi connectivity index (χ2v) is 30.4. The molecule has 0 bridgehead atoms. The maximum absolute atomic E-state index is 12.6. The third kappa shape index (κ3) is 25.0. The normalized spacial score (nSPS) is 18.8. The molecule has 6 atom stereocenters. The van der Waals surface area contributed by atoms with Gasteiger partial charge in [0.2, 0.25) is 35.4 Å². The third-order valence-electron chi connectivity index (χ3n) is 20.9. The second kappa shape index (κ2) is 42.0. The van der Waals surface area contributed by atoms with Crippen molar-refractivity contribution in [1.29, 1.82) is 0 Å². The van der Waals surface area contributed by atoms with E-state index in [-0.39, 0.29) is 88.2 Å². The van der Waals surface area contributed by atoms with E-state index in [0.717, 1.165) is 58.4 Å². The summed E-state index contributed by atoms with van der Waals surface area (Å²) in [6.45, 7) is 23.3. The number of amides is 12. The number of para-hydroxylation sites is 4. The molecule has 1 saturated carbocycles. The number of piperidine rings is 5. The molecule has 16 rings (SSSR count). The molecule has 5 aromatic heterocycles. The van der Waals surface area contributed by atoms with Gasteiger partial charge in [-0.3, -0.25) is 73.3 Å². The number of aromatic amines is 1. The highest BCUT2D eigenvalue weighted by molar-refractivity contribution is 6.11. The standard InChI is InChI=1S/2C17H17N3O2.C16H15N3O3.C16H19N3O2.C12H15N5O2.C12H14N4O3/c1-10-5-6-12(17(22)20-10)8-15(21)14-4-2-3-11-7-13(18)9-19-16(11)14;1-10-5-6-14(15(21)9-10)20-17(22)12-4-2-3-11-13(18)7-8-19-16(11)12;1-9-5-6-12(16(22)18-9)19-15(21)11-4-2-3-10-13(20)7-8-17-14(10)11;1-10-5-6-13(16(21)18-10)19-14(20)9-12-4-2-3-11-7-8-17-15(11)12;1-7-2-4-9(11(18)15-7)16-12(19)17-10-5-3-8(13)6-14-10;1-7-2-4-9(11(18)14-7)15-12(19)16-10-5-3-8(17)6-13-10/h2-4,7,9,12H,1,5-6,8,18H2,(H,20,22);2-4,7-8,14H,1,5-6,9H2,(H2,18,19)(H,20,22);2-4,7-8,12H,1,5-6H2,(H,17,20)(H,18,22)(H,19,21);2-4,13,17H,1,5-9H2,(H,18,21)(H,19,20);3,5-6,9H,1-2,4,13H2,(H,15,18)(H2,14,16,17,19);3,5-6,9,17H,1-2,4H2,(H,14,18)(H2,13,15,16,19). The number of anilines is 6. The van der Waals surface area contributed by atoms with Crippen molar-refractivity contribution in [3.8, 4) is 5.75 Å². The SMILES string of the molecule is C=C1CCC(CC(=O)c2cccc3cc(N)cnc23)C(=O)N1.C=C1CCC(NC(=O)Cc2cccc3c2NCC3)C(=O)N1.C=C1CCC(NC(=O)Nc2ccc(N)cn2)C(=O)N1.C=C1CCC(NC(=O)Nc2ccc(O)cn2)C(=O)N1.C=C1CCC(NC(=O)c2cccc3c(=O)cc[nH]c23)C(=O)N1.C=C1CCC(NC(=O)c2cccc3c(N)ccnc23)C(=O)C1. The summed E-state index contributed by atoms with van der Waals surface area (Å²) in [5.74, 6) is -1.59. The van der Waals surface area contributed by atoms with Crippen molar-refractivity contribution in [2.75, 3.05) is 39.7 Å². The average Bonchev–Trinajstić information content (AvgIpc) is 1.38. The van der Waals surface area contributed by atoms with Crippen molar-refractivity contribution in [3.05, 3.63) is 258 Å². The Labute approximate surface area is 717 Å². The molecule has 6 aliphatic heterocycles. The van der Waals surface area contributed by atoms with Gasteiger partial charge in [0.15, 0.2) is 17.0 Å². The number of aromatic hydroxyl groups is 1. The molecular formula is C90H97N21O14. The fraction of sp³-hybridized carbons (Fsp3) is 0.256. The number of carbonyl (C=O) groups excluding carboxylic acids is 12. The summed E-state index contributed by atoms with van der Waals surface area (Å²) >= 11 is 0. The van der Waals surface area contributed by atoms with Crippen molar-refractivity contribution in [2.45, 2.75) is 133 Å². The van der Waals surface area contributed by atoms with E-state index in [9.17, 15) is 62.3 Å². The van der Waals surface area contributed by atoms with Crippen LogP contribution in [0.1, 0.15) is 132 Å². The summed E-state index contributed by atoms with van der Waals surface area (Å²) in [5, 5.41) is 46.0. The maximum atomic E-state index is 12.6. The predicted octanol–water partition coefficient (Wildman–Crippen LogP) is 8.09. The number of hydrogen-bond donors (Lipinski definition) is 18. The van der Waals surface area contributed by atoms with Gasteiger partial charge >= 0.3 is 12.1 Å². The molecule has 1 aliphatic carbocycles. The molecule has 0 spiro atoms. The molecule has 5 saturated heterocycles. The number of hydrogen-bond acceptors (Lipinski definition) is 22. The van der Waals surface area contributed by atoms with E-state index < -0.39 is 42.3 Å². The van der Waals surface area contributed by atoms with Crippen LogP contribution in [-0.2, 0) is 46.4 Å². The minimum absolute atomic E-state index is 0.0103. The largest absolute Gasteiger partial charge is 0.506 e. The Balaban J connectivity index is 0.000000146. The number of carbonyl (C=O) groups is 12. The van der Waals surface area contributed by atoms with Crippen LogP contribution in [0.5, 0.6) is 5.75 Å². The van der Waals surface area contributed by atoms with Crippen LogP contribution < -0.4 is 91.7 Å². The van der Waals surface area contributed by atoms with Crippen LogP contribution >= 0.6 is 0 Å². The average molecular weight is 1700 g/mol. The van der Waals surface area contributed by atoms with Crippen molar-refractivity contribution in [3.63, 3.8) is 0 Å². The lowest BCUT2D eigenvalue weighted by Gasteiger charge is -2.24. The number of fused-ring (bicyclic) bond motifs is 4. The molecule has 6 unspecified atom stereocenters. The summed E-state index contributed by atoms with van der Waals surface area (Å²) < 4.78 is 0. The van der Waals surface area contributed by atoms with Gasteiger partial charge in [-0.15, -0.1) is 0 Å². The highest BCUT2D eigenvalue weighted by Crippen LogP contribution is 2.30. The van der Waals surface area contributed by atoms with E-state index in [4.69, 9.17) is 22.3 Å². The molecule has 11 heterocycles. The smallest absolute Gasteiger partial charge is 0.321 e. The number of Topliss-reactive ketones (excluding diaryl/α,β-unsaturated/α-hetero) is 2. The van der Waals surface area contributed by atoms with Gasteiger partial charge in [-0.1, -0.05) is 93.6 Å². The number of allylic oxidation sites excluding steroid dienone is 6. The molecule has 7 aliphatic rings. The first-order chi connectivity index (χ1) is 59.9. The summed E-state index contributed by atoms with van der Waals surface area (Å²) in [5.41, 5.74) is 29.2. The summed E-state index contributed by atoms with van der Waals surface area (Å²) in [6.07, 6.45) is 16.6. The molecule has 4 aromatic carbocycles. The summed E-state index contributed by atoms with van der Waals surface area (Å²) in [6, 6.07) is 29.0. The summed E-state index contributed by atoms with van der Waals surface area (Å²) in [4.78, 5) is 175. The van der Waals surface area contributed by atoms with Crippen molar-refractivity contribution in [2.24, 2.45) is 5.92 Å². The van der Waals surface area contributed by atoms with E-state index in [1.54, 1.807) is 72.9 Å². The van der Waals surface area contributed by atoms with E-state index in [2.05, 4.69) is 140 Å². The number of nitrogens with two attached hydrogens (primary N) is 3. The van der Waals surface area contributed by atoms with Gasteiger partial charge in [-0.2, -0.15) is 0 Å². The highest BCUT2D eigenvalue weighted by atomic mass is 16.3. The number of pyridine rings is 5. The lowest BCUT2D eigenvalue weighted by molar-refractivity contribution is -0.129. The molecular weight excluding hydrogens is 1600 g/mol. The van der Waals surface area contributed by atoms with Crippen LogP contribution in [0.3, 0.4) is 0 Å². The lowest BCUT2D eigenvalue weighted by Crippen LogP contribution is -2.50. The van der Waals surface area contributed by atoms with Gasteiger partial charge < -0.3 is 85.8 Å². The van der Waals surface area contributed by atoms with Crippen molar-refractivity contribution < 1.29 is 62.6 Å². The van der Waals surface area contributed by atoms with Crippen LogP contribution in [0.2, 0.25) is 0 Å². The number of nitrogen functional groups attached to an aromatic ring is 3. The van der Waals surface area contributed by atoms with Crippen LogP contribution in [-0.4, -0.2) is 138 Å². The van der Waals surface area contributed by atoms with Crippen molar-refractivity contribution >= 4 is 138 Å². The van der Waals surface area contributed by atoms with Gasteiger partial charge in [0.1, 0.15) is 41.6 Å². The molecule has 35 heteroatoms. The fourth-order valence-electron chi connectivity index (χ4n) is 14.3. The Hall–Kier alpha value is -15.7. The van der Waals surface area contributed by atoms with E-state index >= 15 is 0 Å². The zero-order chi connectivity index (χ0) is 89.5. The number of aromatic nitrogens is 5. The van der Waals surface area contributed by atoms with E-state index in [0.29, 0.717) is 162 Å². The zero-order valence-corrected chi connectivity index (χ0v) is 68.4. The first-order valence-corrected chi connectivity index (χ1v) is 40.2. The third-order valence-corrected chi connectivity index (χ3v) is 20.9. The Bertz CT molecular complexity index is 5760. The number of rotatable bonds is 14. The number of nitrogens with zero attached hydrogens (tertiary/aromatic N) is 4. The van der Waals surface area contributed by atoms with Crippen LogP contribution in [0, 0.1) is 5.92 Å². The first-order valence-electron chi connectivity index (χ1n) is 40.2. The van der Waals surface area contributed by atoms with Crippen LogP contribution in [0.4, 0.5) is 44.0 Å². The monoisotopic (exact) mass is 1700 g/mol. The molecule has 9 aromatic rings. The quantitative estimate of drug-likeness (QED) is 0.0361. The number of nitrogens with one attached hydrogen (secondary N) is 14. The predicted molar refractivity (Wildman–Crippen MR) is 473 cm³/mol. The van der Waals surface area contributed by atoms with Gasteiger partial charge in [-0.25, -0.2) is 19.6 Å². The molecule has 35 nitrogen and oxygen atoms in total. The fourth-order valence-corrected chi connectivity index (χ4v) is 14.3. The Kier molecular flexibility index (Phi) is 30.3. The van der Waals surface area contributed by atoms with Crippen molar-refractivity contribution in [1.82, 2.24) is 78.1 Å². The molecule has 6 fully saturated rings. The Morgan fingerprint density at radius 1 is 0.472 bits per heavy atom. The van der Waals surface area contributed by atoms with E-state index in [1.165, 1.54) is 48.5 Å². The topological polar surface area (TPSA) is 544 Å². The number of benzene rings is 4. The van der Waals surface area contributed by atoms with Crippen LogP contribution in [0.15, 0.2) is 225 Å². The lowest BCUT2D eigenvalue weighted by atomic mass is 9.89. The highest BCUT2D eigenvalue weighted by Gasteiger charge is 2.33. The zero-order valence-electron chi connectivity index (χ0n) is 68.4. The molecule has 646 valence electrons. The summed E-state index contributed by atoms with van der Waals surface area (Å²) in [7, 11) is 0. The molecule has 12 amide bonds. The first kappa shape index (κ1) is 90.1. The van der Waals surface area contributed by atoms with E-state index in [1.807, 2.05) is 24.3 Å². The van der Waals surface area contributed by atoms with Crippen LogP contribution in [0.25, 0.3) is 32.7 Å². The minimum Gasteiger partial charge on any atom is -0.506 e. The molecule has 21 N–H and O–H groups in total. The van der Waals surface area contributed by atoms with Gasteiger partial charge in [0.25, 0.3) is 11.8 Å². The minimum atomic E-state index is -0.594. The molecule has 125 heavy (non-hydrogen) atoms.